The molecule has 0 aliphatic carbocycles. The van der Waals surface area contributed by atoms with E-state index in [0.717, 1.165) is 43.6 Å². The zero-order valence-corrected chi connectivity index (χ0v) is 13.3. The van der Waals surface area contributed by atoms with Gasteiger partial charge >= 0.3 is 6.18 Å². The second-order valence-corrected chi connectivity index (χ2v) is 6.05. The van der Waals surface area contributed by atoms with E-state index < -0.39 is 11.7 Å². The maximum Gasteiger partial charge on any atom is 0.416 e. The lowest BCUT2D eigenvalue weighted by molar-refractivity contribution is -0.137. The van der Waals surface area contributed by atoms with Crippen molar-refractivity contribution in [1.29, 1.82) is 0 Å². The zero-order valence-electron chi connectivity index (χ0n) is 13.3. The first-order valence-electron chi connectivity index (χ1n) is 8.13. The van der Waals surface area contributed by atoms with Crippen LogP contribution >= 0.6 is 0 Å². The number of halogens is 3. The van der Waals surface area contributed by atoms with Crippen LogP contribution in [0.25, 0.3) is 0 Å². The number of hydrogen-bond donors (Lipinski definition) is 0. The van der Waals surface area contributed by atoms with Gasteiger partial charge in [-0.1, -0.05) is 36.4 Å². The van der Waals surface area contributed by atoms with Gasteiger partial charge in [0.2, 0.25) is 0 Å². The molecule has 1 atom stereocenters. The smallest absolute Gasteiger partial charge is 0.416 e. The molecule has 5 heteroatoms. The molecule has 128 valence electrons. The summed E-state index contributed by atoms with van der Waals surface area (Å²) in [5.41, 5.74) is 0.287. The summed E-state index contributed by atoms with van der Waals surface area (Å²) < 4.78 is 44.6. The van der Waals surface area contributed by atoms with Crippen LogP contribution in [0.5, 0.6) is 5.75 Å². The summed E-state index contributed by atoms with van der Waals surface area (Å²) >= 11 is 0. The molecule has 2 aromatic rings. The minimum absolute atomic E-state index is 0.248. The Kier molecular flexibility index (Phi) is 5.09. The molecule has 1 aliphatic heterocycles. The Bertz CT molecular complexity index is 651. The van der Waals surface area contributed by atoms with Gasteiger partial charge in [0.15, 0.2) is 0 Å². The van der Waals surface area contributed by atoms with Crippen LogP contribution in [0.1, 0.15) is 30.1 Å². The lowest BCUT2D eigenvalue weighted by Gasteiger charge is -2.25. The molecule has 1 saturated heterocycles. The van der Waals surface area contributed by atoms with Crippen LogP contribution in [-0.4, -0.2) is 24.5 Å². The highest BCUT2D eigenvalue weighted by Gasteiger charge is 2.31. The van der Waals surface area contributed by atoms with Crippen LogP contribution in [0.15, 0.2) is 54.6 Å². The minimum atomic E-state index is -4.36. The van der Waals surface area contributed by atoms with Crippen LogP contribution in [0.4, 0.5) is 13.2 Å². The van der Waals surface area contributed by atoms with Crippen LogP contribution in [0.2, 0.25) is 0 Å². The Hall–Kier alpha value is -2.01. The average Bonchev–Trinajstić information content (AvgIpc) is 3.08. The molecule has 1 heterocycles. The van der Waals surface area contributed by atoms with E-state index in [1.807, 2.05) is 30.3 Å². The third-order valence-corrected chi connectivity index (χ3v) is 4.23. The van der Waals surface area contributed by atoms with Crippen LogP contribution in [-0.2, 0) is 6.18 Å². The molecule has 2 aromatic carbocycles. The molecule has 0 N–H and O–H groups in total. The van der Waals surface area contributed by atoms with Crippen molar-refractivity contribution in [3.8, 4) is 5.75 Å². The van der Waals surface area contributed by atoms with Gasteiger partial charge < -0.3 is 4.74 Å². The van der Waals surface area contributed by atoms with Crippen molar-refractivity contribution in [1.82, 2.24) is 4.90 Å². The maximum atomic E-state index is 12.9. The number of nitrogens with zero attached hydrogens (tertiary/aromatic N) is 1. The Balaban J connectivity index is 1.81. The predicted octanol–water partition coefficient (Wildman–Crippen LogP) is 4.92. The first-order valence-corrected chi connectivity index (χ1v) is 8.13. The first-order chi connectivity index (χ1) is 11.5. The fourth-order valence-electron chi connectivity index (χ4n) is 2.99. The summed E-state index contributed by atoms with van der Waals surface area (Å²) in [6, 6.07) is 14.8. The van der Waals surface area contributed by atoms with Crippen molar-refractivity contribution in [3.05, 3.63) is 65.7 Å². The van der Waals surface area contributed by atoms with Crippen molar-refractivity contribution in [3.63, 3.8) is 0 Å². The fraction of sp³-hybridized carbons (Fsp3) is 0.368. The standard InChI is InChI=1S/C19H20F3NO/c20-19(21,22)16-9-6-10-17(13-16)24-18(14-23-11-4-5-12-23)15-7-2-1-3-8-15/h1-3,6-10,13,18H,4-5,11-12,14H2. The Morgan fingerprint density at radius 1 is 0.958 bits per heavy atom. The number of rotatable bonds is 5. The van der Waals surface area contributed by atoms with E-state index in [0.29, 0.717) is 6.54 Å². The molecule has 0 bridgehead atoms. The normalized spacial score (nSPS) is 17.0. The number of benzene rings is 2. The monoisotopic (exact) mass is 335 g/mol. The summed E-state index contributed by atoms with van der Waals surface area (Å²) in [4.78, 5) is 2.30. The van der Waals surface area contributed by atoms with Gasteiger partial charge in [-0.25, -0.2) is 0 Å². The SMILES string of the molecule is FC(F)(F)c1cccc(OC(CN2CCCC2)c2ccccc2)c1. The van der Waals surface area contributed by atoms with Gasteiger partial charge in [0, 0.05) is 6.54 Å². The van der Waals surface area contributed by atoms with Crippen LogP contribution in [0, 0.1) is 0 Å². The molecule has 0 aromatic heterocycles. The Morgan fingerprint density at radius 2 is 1.67 bits per heavy atom. The number of alkyl halides is 3. The van der Waals surface area contributed by atoms with Crippen molar-refractivity contribution in [2.75, 3.05) is 19.6 Å². The maximum absolute atomic E-state index is 12.9. The molecule has 0 spiro atoms. The molecule has 2 nitrogen and oxygen atoms in total. The van der Waals surface area contributed by atoms with Gasteiger partial charge in [0.1, 0.15) is 11.9 Å². The Labute approximate surface area is 139 Å². The molecule has 24 heavy (non-hydrogen) atoms. The van der Waals surface area contributed by atoms with Crippen molar-refractivity contribution in [2.24, 2.45) is 0 Å². The summed E-state index contributed by atoms with van der Waals surface area (Å²) in [7, 11) is 0. The van der Waals surface area contributed by atoms with E-state index in [4.69, 9.17) is 4.74 Å². The quantitative estimate of drug-likeness (QED) is 0.769. The van der Waals surface area contributed by atoms with E-state index >= 15 is 0 Å². The largest absolute Gasteiger partial charge is 0.484 e. The molecular weight excluding hydrogens is 315 g/mol. The lowest BCUT2D eigenvalue weighted by Crippen LogP contribution is -2.28. The molecule has 1 aliphatic rings. The Morgan fingerprint density at radius 3 is 2.33 bits per heavy atom. The van der Waals surface area contributed by atoms with Gasteiger partial charge in [0.25, 0.3) is 0 Å². The third kappa shape index (κ3) is 4.29. The topological polar surface area (TPSA) is 12.5 Å². The van der Waals surface area contributed by atoms with Crippen molar-refractivity contribution >= 4 is 0 Å². The van der Waals surface area contributed by atoms with E-state index in [2.05, 4.69) is 4.90 Å². The van der Waals surface area contributed by atoms with Crippen molar-refractivity contribution < 1.29 is 17.9 Å². The molecule has 1 unspecified atom stereocenters. The predicted molar refractivity (Wildman–Crippen MR) is 86.9 cm³/mol. The highest BCUT2D eigenvalue weighted by atomic mass is 19.4. The van der Waals surface area contributed by atoms with Gasteiger partial charge in [-0.05, 0) is 49.7 Å². The summed E-state index contributed by atoms with van der Waals surface area (Å²) in [6.07, 6.45) is -2.33. The molecule has 0 saturated carbocycles. The summed E-state index contributed by atoms with van der Waals surface area (Å²) in [6.45, 7) is 2.70. The molecule has 3 rings (SSSR count). The third-order valence-electron chi connectivity index (χ3n) is 4.23. The second kappa shape index (κ2) is 7.26. The summed E-state index contributed by atoms with van der Waals surface area (Å²) in [5, 5.41) is 0. The molecular formula is C19H20F3NO. The molecule has 0 radical (unpaired) electrons. The van der Waals surface area contributed by atoms with E-state index in [1.54, 1.807) is 6.07 Å². The van der Waals surface area contributed by atoms with E-state index in [-0.39, 0.29) is 11.9 Å². The number of hydrogen-bond acceptors (Lipinski definition) is 2. The molecule has 0 amide bonds. The van der Waals surface area contributed by atoms with Gasteiger partial charge in [0.05, 0.1) is 5.56 Å². The van der Waals surface area contributed by atoms with Crippen LogP contribution < -0.4 is 4.74 Å². The van der Waals surface area contributed by atoms with Gasteiger partial charge in [-0.2, -0.15) is 13.2 Å². The summed E-state index contributed by atoms with van der Waals surface area (Å²) in [5.74, 6) is 0.248. The number of ether oxygens (including phenoxy) is 1. The minimum Gasteiger partial charge on any atom is -0.484 e. The van der Waals surface area contributed by atoms with Gasteiger partial charge in [-0.15, -0.1) is 0 Å². The fourth-order valence-corrected chi connectivity index (χ4v) is 2.99. The lowest BCUT2D eigenvalue weighted by atomic mass is 10.1. The van der Waals surface area contributed by atoms with E-state index in [9.17, 15) is 13.2 Å². The number of likely N-dealkylation sites (tertiary alicyclic amines) is 1. The van der Waals surface area contributed by atoms with Gasteiger partial charge in [-0.3, -0.25) is 4.90 Å². The van der Waals surface area contributed by atoms with Crippen LogP contribution in [0.3, 0.4) is 0 Å². The molecule has 1 fully saturated rings. The highest BCUT2D eigenvalue weighted by molar-refractivity contribution is 5.31. The zero-order chi connectivity index (χ0) is 17.0. The second-order valence-electron chi connectivity index (χ2n) is 6.05. The van der Waals surface area contributed by atoms with E-state index in [1.165, 1.54) is 6.07 Å². The van der Waals surface area contributed by atoms with Crippen molar-refractivity contribution in [2.45, 2.75) is 25.1 Å². The first kappa shape index (κ1) is 16.8. The average molecular weight is 335 g/mol. The highest BCUT2D eigenvalue weighted by Crippen LogP contribution is 2.33.